The minimum absolute atomic E-state index is 0.817. The Labute approximate surface area is 120 Å². The number of pyridine rings is 1. The smallest absolute Gasteiger partial charge is 0.109 e. The second-order valence-electron chi connectivity index (χ2n) is 4.03. The first-order chi connectivity index (χ1) is 8.69. The van der Waals surface area contributed by atoms with E-state index >= 15 is 0 Å². The first kappa shape index (κ1) is 13.4. The van der Waals surface area contributed by atoms with Gasteiger partial charge in [-0.05, 0) is 58.4 Å². The number of aromatic nitrogens is 1. The van der Waals surface area contributed by atoms with Gasteiger partial charge in [0.2, 0.25) is 0 Å². The van der Waals surface area contributed by atoms with Crippen LogP contribution in [0.2, 0.25) is 0 Å². The van der Waals surface area contributed by atoms with Crippen LogP contribution in [0.25, 0.3) is 0 Å². The van der Waals surface area contributed by atoms with Crippen LogP contribution in [0.15, 0.2) is 46.0 Å². The largest absolute Gasteiger partial charge is 0.380 e. The minimum atomic E-state index is 0.817. The van der Waals surface area contributed by atoms with Crippen molar-refractivity contribution in [3.63, 3.8) is 0 Å². The standard InChI is InChI=1S/C14H15BrN2S/c1-10-7-12(9-17-14(10)15)16-8-11-3-5-13(18-2)6-4-11/h3-7,9,16H,8H2,1-2H3. The second-order valence-corrected chi connectivity index (χ2v) is 5.66. The molecule has 0 radical (unpaired) electrons. The van der Waals surface area contributed by atoms with Gasteiger partial charge in [-0.2, -0.15) is 0 Å². The Morgan fingerprint density at radius 3 is 2.61 bits per heavy atom. The Kier molecular flexibility index (Phi) is 4.66. The van der Waals surface area contributed by atoms with Gasteiger partial charge in [0, 0.05) is 11.4 Å². The summed E-state index contributed by atoms with van der Waals surface area (Å²) in [5, 5.41) is 3.38. The molecule has 0 aliphatic rings. The molecule has 0 unspecified atom stereocenters. The summed E-state index contributed by atoms with van der Waals surface area (Å²) in [6, 6.07) is 10.7. The zero-order valence-electron chi connectivity index (χ0n) is 10.4. The Balaban J connectivity index is 1.99. The summed E-state index contributed by atoms with van der Waals surface area (Å²) in [6.07, 6.45) is 3.93. The molecule has 18 heavy (non-hydrogen) atoms. The van der Waals surface area contributed by atoms with E-state index in [0.717, 1.165) is 22.4 Å². The molecule has 0 atom stereocenters. The molecule has 1 aromatic carbocycles. The lowest BCUT2D eigenvalue weighted by molar-refractivity contribution is 1.12. The summed E-state index contributed by atoms with van der Waals surface area (Å²) < 4.78 is 0.900. The fraction of sp³-hybridized carbons (Fsp3) is 0.214. The molecule has 0 saturated heterocycles. The highest BCUT2D eigenvalue weighted by Gasteiger charge is 1.99. The average Bonchev–Trinajstić information content (AvgIpc) is 2.41. The van der Waals surface area contributed by atoms with E-state index in [1.165, 1.54) is 10.5 Å². The van der Waals surface area contributed by atoms with Crippen molar-refractivity contribution < 1.29 is 0 Å². The van der Waals surface area contributed by atoms with E-state index in [9.17, 15) is 0 Å². The normalized spacial score (nSPS) is 10.4. The van der Waals surface area contributed by atoms with E-state index in [1.807, 2.05) is 13.1 Å². The maximum atomic E-state index is 4.27. The molecule has 0 aliphatic heterocycles. The molecule has 0 fully saturated rings. The molecule has 0 saturated carbocycles. The third kappa shape index (κ3) is 3.50. The number of nitrogens with one attached hydrogen (secondary N) is 1. The number of halogens is 1. The van der Waals surface area contributed by atoms with E-state index in [2.05, 4.69) is 62.8 Å². The molecule has 1 heterocycles. The summed E-state index contributed by atoms with van der Waals surface area (Å²) in [6.45, 7) is 2.85. The van der Waals surface area contributed by atoms with Crippen LogP contribution in [-0.4, -0.2) is 11.2 Å². The average molecular weight is 323 g/mol. The molecule has 1 N–H and O–H groups in total. The van der Waals surface area contributed by atoms with Crippen molar-refractivity contribution in [3.8, 4) is 0 Å². The molecule has 2 nitrogen and oxygen atoms in total. The number of benzene rings is 1. The maximum absolute atomic E-state index is 4.27. The highest BCUT2D eigenvalue weighted by Crippen LogP contribution is 2.18. The van der Waals surface area contributed by atoms with Gasteiger partial charge >= 0.3 is 0 Å². The quantitative estimate of drug-likeness (QED) is 0.663. The van der Waals surface area contributed by atoms with Crippen LogP contribution in [-0.2, 0) is 6.54 Å². The molecule has 0 amide bonds. The fourth-order valence-corrected chi connectivity index (χ4v) is 2.23. The highest BCUT2D eigenvalue weighted by atomic mass is 79.9. The summed E-state index contributed by atoms with van der Waals surface area (Å²) in [5.74, 6) is 0. The zero-order valence-corrected chi connectivity index (χ0v) is 12.8. The number of hydrogen-bond donors (Lipinski definition) is 1. The predicted octanol–water partition coefficient (Wildman–Crippen LogP) is 4.49. The van der Waals surface area contributed by atoms with E-state index in [-0.39, 0.29) is 0 Å². The lowest BCUT2D eigenvalue weighted by Gasteiger charge is -2.08. The Morgan fingerprint density at radius 1 is 1.28 bits per heavy atom. The molecule has 0 bridgehead atoms. The van der Waals surface area contributed by atoms with E-state index < -0.39 is 0 Å². The van der Waals surface area contributed by atoms with Gasteiger partial charge in [0.05, 0.1) is 11.9 Å². The molecular weight excluding hydrogens is 308 g/mol. The van der Waals surface area contributed by atoms with Gasteiger partial charge in [0.25, 0.3) is 0 Å². The molecule has 0 spiro atoms. The topological polar surface area (TPSA) is 24.9 Å². The third-order valence-electron chi connectivity index (χ3n) is 2.67. The van der Waals surface area contributed by atoms with E-state index in [0.29, 0.717) is 0 Å². The molecule has 4 heteroatoms. The number of hydrogen-bond acceptors (Lipinski definition) is 3. The van der Waals surface area contributed by atoms with Gasteiger partial charge in [-0.25, -0.2) is 4.98 Å². The van der Waals surface area contributed by atoms with E-state index in [1.54, 1.807) is 11.8 Å². The summed E-state index contributed by atoms with van der Waals surface area (Å²) >= 11 is 5.16. The molecule has 1 aromatic heterocycles. The van der Waals surface area contributed by atoms with Gasteiger partial charge in [-0.15, -0.1) is 11.8 Å². The minimum Gasteiger partial charge on any atom is -0.380 e. The van der Waals surface area contributed by atoms with Crippen molar-refractivity contribution in [1.29, 1.82) is 0 Å². The zero-order chi connectivity index (χ0) is 13.0. The van der Waals surface area contributed by atoms with Gasteiger partial charge < -0.3 is 5.32 Å². The van der Waals surface area contributed by atoms with Gasteiger partial charge in [-0.1, -0.05) is 12.1 Å². The second kappa shape index (κ2) is 6.25. The fourth-order valence-electron chi connectivity index (χ4n) is 1.60. The SMILES string of the molecule is CSc1ccc(CNc2cnc(Br)c(C)c2)cc1. The number of nitrogens with zero attached hydrogens (tertiary/aromatic N) is 1. The third-order valence-corrected chi connectivity index (χ3v) is 4.24. The van der Waals surface area contributed by atoms with Crippen LogP contribution >= 0.6 is 27.7 Å². The van der Waals surface area contributed by atoms with Gasteiger partial charge in [-0.3, -0.25) is 0 Å². The van der Waals surface area contributed by atoms with Crippen LogP contribution in [0.3, 0.4) is 0 Å². The summed E-state index contributed by atoms with van der Waals surface area (Å²) in [4.78, 5) is 5.56. The molecule has 0 aliphatic carbocycles. The van der Waals surface area contributed by atoms with E-state index in [4.69, 9.17) is 0 Å². The van der Waals surface area contributed by atoms with Crippen LogP contribution in [0.1, 0.15) is 11.1 Å². The number of thioether (sulfide) groups is 1. The first-order valence-electron chi connectivity index (χ1n) is 5.68. The lowest BCUT2D eigenvalue weighted by atomic mass is 10.2. The molecule has 2 rings (SSSR count). The molecule has 2 aromatic rings. The first-order valence-corrected chi connectivity index (χ1v) is 7.70. The van der Waals surface area contributed by atoms with Gasteiger partial charge in [0.1, 0.15) is 4.60 Å². The van der Waals surface area contributed by atoms with Crippen molar-refractivity contribution in [3.05, 3.63) is 52.3 Å². The van der Waals surface area contributed by atoms with Crippen LogP contribution in [0.4, 0.5) is 5.69 Å². The van der Waals surface area contributed by atoms with Crippen LogP contribution in [0, 0.1) is 6.92 Å². The Hall–Kier alpha value is -1.00. The molecule has 94 valence electrons. The molecular formula is C14H15BrN2S. The Bertz CT molecular complexity index is 526. The van der Waals surface area contributed by atoms with Crippen molar-refractivity contribution in [2.24, 2.45) is 0 Å². The lowest BCUT2D eigenvalue weighted by Crippen LogP contribution is -2.00. The summed E-state index contributed by atoms with van der Waals surface area (Å²) in [7, 11) is 0. The van der Waals surface area contributed by atoms with Crippen LogP contribution < -0.4 is 5.32 Å². The maximum Gasteiger partial charge on any atom is 0.109 e. The number of anilines is 1. The number of rotatable bonds is 4. The highest BCUT2D eigenvalue weighted by molar-refractivity contribution is 9.10. The predicted molar refractivity (Wildman–Crippen MR) is 82.2 cm³/mol. The van der Waals surface area contributed by atoms with Crippen molar-refractivity contribution in [2.75, 3.05) is 11.6 Å². The summed E-state index contributed by atoms with van der Waals surface area (Å²) in [5.41, 5.74) is 3.45. The Morgan fingerprint density at radius 2 is 2.00 bits per heavy atom. The van der Waals surface area contributed by atoms with Crippen molar-refractivity contribution >= 4 is 33.4 Å². The van der Waals surface area contributed by atoms with Crippen LogP contribution in [0.5, 0.6) is 0 Å². The van der Waals surface area contributed by atoms with Crippen molar-refractivity contribution in [2.45, 2.75) is 18.4 Å². The van der Waals surface area contributed by atoms with Crippen molar-refractivity contribution in [1.82, 2.24) is 4.98 Å². The van der Waals surface area contributed by atoms with Gasteiger partial charge in [0.15, 0.2) is 0 Å². The number of aryl methyl sites for hydroxylation is 1. The monoisotopic (exact) mass is 322 g/mol.